The molecule has 0 aliphatic rings. The summed E-state index contributed by atoms with van der Waals surface area (Å²) in [5, 5.41) is 0. The summed E-state index contributed by atoms with van der Waals surface area (Å²) < 4.78 is 30.7. The average molecular weight is 217 g/mol. The Morgan fingerprint density at radius 3 is 2.33 bits per heavy atom. The van der Waals surface area contributed by atoms with E-state index in [1.807, 2.05) is 13.8 Å². The molecule has 0 unspecified atom stereocenters. The van der Waals surface area contributed by atoms with Crippen molar-refractivity contribution in [2.75, 3.05) is 0 Å². The van der Waals surface area contributed by atoms with E-state index in [4.69, 9.17) is 0 Å². The Bertz CT molecular complexity index is 263. The van der Waals surface area contributed by atoms with E-state index >= 15 is 0 Å². The van der Waals surface area contributed by atoms with Crippen LogP contribution in [0.2, 0.25) is 0 Å². The van der Waals surface area contributed by atoms with Gasteiger partial charge in [0.05, 0.1) is 11.7 Å². The lowest BCUT2D eigenvalue weighted by molar-refractivity contribution is -0.266. The summed E-state index contributed by atoms with van der Waals surface area (Å²) >= 11 is 0. The van der Waals surface area contributed by atoms with E-state index in [9.17, 15) is 8.78 Å². The summed E-state index contributed by atoms with van der Waals surface area (Å²) in [6.07, 6.45) is -1.23. The standard InChI is InChI=1S/C9H11F2NO.C2H6/c1-7(2)13-9(10,11)8-4-3-5-12-6-8;1-2/h3-7H,1-2H3;1-2H3. The van der Waals surface area contributed by atoms with Gasteiger partial charge in [-0.1, -0.05) is 13.8 Å². The highest BCUT2D eigenvalue weighted by atomic mass is 19.3. The zero-order valence-corrected chi connectivity index (χ0v) is 9.50. The van der Waals surface area contributed by atoms with E-state index in [0.29, 0.717) is 0 Å². The van der Waals surface area contributed by atoms with Gasteiger partial charge in [-0.25, -0.2) is 0 Å². The minimum Gasteiger partial charge on any atom is -0.314 e. The molecule has 0 fully saturated rings. The van der Waals surface area contributed by atoms with E-state index in [-0.39, 0.29) is 5.56 Å². The second kappa shape index (κ2) is 6.45. The molecule has 0 aromatic carbocycles. The fourth-order valence-corrected chi connectivity index (χ4v) is 0.899. The predicted molar refractivity (Wildman–Crippen MR) is 55.7 cm³/mol. The molecule has 1 heterocycles. The zero-order chi connectivity index (χ0) is 11.9. The minimum atomic E-state index is -3.25. The first kappa shape index (κ1) is 14.0. The summed E-state index contributed by atoms with van der Waals surface area (Å²) in [4.78, 5) is 3.60. The van der Waals surface area contributed by atoms with E-state index in [1.165, 1.54) is 18.3 Å². The van der Waals surface area contributed by atoms with Gasteiger partial charge in [-0.05, 0) is 26.0 Å². The maximum Gasteiger partial charge on any atom is 0.385 e. The summed E-state index contributed by atoms with van der Waals surface area (Å²) in [5.74, 6) is 0. The van der Waals surface area contributed by atoms with Crippen LogP contribution in [-0.2, 0) is 10.8 Å². The molecule has 1 rings (SSSR count). The fourth-order valence-electron chi connectivity index (χ4n) is 0.899. The fraction of sp³-hybridized carbons (Fsp3) is 0.545. The van der Waals surface area contributed by atoms with Crippen LogP contribution in [0.5, 0.6) is 0 Å². The second-order valence-electron chi connectivity index (χ2n) is 2.93. The van der Waals surface area contributed by atoms with Crippen molar-refractivity contribution in [3.63, 3.8) is 0 Å². The summed E-state index contributed by atoms with van der Waals surface area (Å²) in [6, 6.07) is 2.74. The highest BCUT2D eigenvalue weighted by Gasteiger charge is 2.33. The number of hydrogen-bond donors (Lipinski definition) is 0. The smallest absolute Gasteiger partial charge is 0.314 e. The van der Waals surface area contributed by atoms with Crippen LogP contribution in [0, 0.1) is 0 Å². The maximum absolute atomic E-state index is 13.1. The molecule has 0 saturated carbocycles. The summed E-state index contributed by atoms with van der Waals surface area (Å²) in [5.41, 5.74) is -0.219. The lowest BCUT2D eigenvalue weighted by Gasteiger charge is -2.18. The third-order valence-corrected chi connectivity index (χ3v) is 1.38. The van der Waals surface area contributed by atoms with Gasteiger partial charge in [0.25, 0.3) is 0 Å². The van der Waals surface area contributed by atoms with Crippen molar-refractivity contribution in [1.82, 2.24) is 4.98 Å². The molecule has 2 nitrogen and oxygen atoms in total. The van der Waals surface area contributed by atoms with Crippen LogP contribution in [-0.4, -0.2) is 11.1 Å². The maximum atomic E-state index is 13.1. The molecular formula is C11H17F2NO. The van der Waals surface area contributed by atoms with Crippen molar-refractivity contribution < 1.29 is 13.5 Å². The first-order chi connectivity index (χ1) is 7.02. The molecule has 0 saturated heterocycles. The van der Waals surface area contributed by atoms with Crippen molar-refractivity contribution in [3.05, 3.63) is 30.1 Å². The first-order valence-corrected chi connectivity index (χ1v) is 4.98. The Labute approximate surface area is 89.3 Å². The summed E-state index contributed by atoms with van der Waals surface area (Å²) in [6.45, 7) is 7.12. The van der Waals surface area contributed by atoms with Crippen molar-refractivity contribution >= 4 is 0 Å². The van der Waals surface area contributed by atoms with Gasteiger partial charge in [0, 0.05) is 12.4 Å². The molecule has 15 heavy (non-hydrogen) atoms. The van der Waals surface area contributed by atoms with Gasteiger partial charge < -0.3 is 4.74 Å². The number of pyridine rings is 1. The van der Waals surface area contributed by atoms with E-state index in [1.54, 1.807) is 13.8 Å². The van der Waals surface area contributed by atoms with Crippen LogP contribution in [0.25, 0.3) is 0 Å². The molecule has 0 amide bonds. The van der Waals surface area contributed by atoms with Gasteiger partial charge in [0.1, 0.15) is 0 Å². The van der Waals surface area contributed by atoms with Crippen LogP contribution in [0.4, 0.5) is 8.78 Å². The molecule has 86 valence electrons. The van der Waals surface area contributed by atoms with Crippen molar-refractivity contribution in [3.8, 4) is 0 Å². The molecule has 0 aliphatic carbocycles. The molecule has 0 spiro atoms. The van der Waals surface area contributed by atoms with E-state index in [0.717, 1.165) is 6.20 Å². The minimum absolute atomic E-state index is 0.219. The molecule has 0 atom stereocenters. The Hall–Kier alpha value is -1.03. The zero-order valence-electron chi connectivity index (χ0n) is 9.50. The predicted octanol–water partition coefficient (Wildman–Crippen LogP) is 3.58. The Morgan fingerprint density at radius 2 is 1.93 bits per heavy atom. The van der Waals surface area contributed by atoms with Gasteiger partial charge in [-0.15, -0.1) is 0 Å². The number of aromatic nitrogens is 1. The Morgan fingerprint density at radius 1 is 1.33 bits per heavy atom. The first-order valence-electron chi connectivity index (χ1n) is 4.98. The molecule has 0 aliphatic heterocycles. The average Bonchev–Trinajstić information content (AvgIpc) is 2.20. The third-order valence-electron chi connectivity index (χ3n) is 1.38. The van der Waals surface area contributed by atoms with Gasteiger partial charge in [-0.3, -0.25) is 4.98 Å². The molecule has 0 bridgehead atoms. The van der Waals surface area contributed by atoms with Crippen LogP contribution in [0.1, 0.15) is 33.3 Å². The quantitative estimate of drug-likeness (QED) is 0.772. The lowest BCUT2D eigenvalue weighted by atomic mass is 10.2. The highest BCUT2D eigenvalue weighted by Crippen LogP contribution is 2.29. The van der Waals surface area contributed by atoms with Gasteiger partial charge in [0.2, 0.25) is 0 Å². The third kappa shape index (κ3) is 4.83. The van der Waals surface area contributed by atoms with Crippen LogP contribution in [0.15, 0.2) is 24.5 Å². The summed E-state index contributed by atoms with van der Waals surface area (Å²) in [7, 11) is 0. The van der Waals surface area contributed by atoms with E-state index in [2.05, 4.69) is 9.72 Å². The molecule has 4 heteroatoms. The topological polar surface area (TPSA) is 22.1 Å². The molecule has 1 aromatic rings. The lowest BCUT2D eigenvalue weighted by Crippen LogP contribution is -2.22. The van der Waals surface area contributed by atoms with Crippen LogP contribution < -0.4 is 0 Å². The van der Waals surface area contributed by atoms with Gasteiger partial charge in [0.15, 0.2) is 0 Å². The van der Waals surface area contributed by atoms with Gasteiger partial charge in [-0.2, -0.15) is 8.78 Å². The number of rotatable bonds is 3. The number of alkyl halides is 2. The van der Waals surface area contributed by atoms with E-state index < -0.39 is 12.2 Å². The van der Waals surface area contributed by atoms with Gasteiger partial charge >= 0.3 is 6.11 Å². The largest absolute Gasteiger partial charge is 0.385 e. The molecule has 0 radical (unpaired) electrons. The Balaban J connectivity index is 0.000000921. The van der Waals surface area contributed by atoms with Crippen LogP contribution >= 0.6 is 0 Å². The SMILES string of the molecule is CC.CC(C)OC(F)(F)c1cccnc1. The number of halogens is 2. The monoisotopic (exact) mass is 217 g/mol. The van der Waals surface area contributed by atoms with Crippen molar-refractivity contribution in [2.24, 2.45) is 0 Å². The molecule has 1 aromatic heterocycles. The number of nitrogens with zero attached hydrogens (tertiary/aromatic N) is 1. The number of hydrogen-bond acceptors (Lipinski definition) is 2. The van der Waals surface area contributed by atoms with Crippen molar-refractivity contribution in [2.45, 2.75) is 39.9 Å². The number of ether oxygens (including phenoxy) is 1. The molecule has 0 N–H and O–H groups in total. The highest BCUT2D eigenvalue weighted by molar-refractivity contribution is 5.12. The second-order valence-corrected chi connectivity index (χ2v) is 2.93. The van der Waals surface area contributed by atoms with Crippen molar-refractivity contribution in [1.29, 1.82) is 0 Å². The normalized spacial score (nSPS) is 10.9. The molecular weight excluding hydrogens is 200 g/mol. The van der Waals surface area contributed by atoms with Crippen LogP contribution in [0.3, 0.4) is 0 Å². The Kier molecular flexibility index (Phi) is 6.01.